The van der Waals surface area contributed by atoms with Gasteiger partial charge in [-0.3, -0.25) is 19.5 Å². The van der Waals surface area contributed by atoms with Gasteiger partial charge in [0.05, 0.1) is 18.2 Å². The van der Waals surface area contributed by atoms with Crippen molar-refractivity contribution in [1.29, 1.82) is 0 Å². The highest BCUT2D eigenvalue weighted by molar-refractivity contribution is 5.99. The van der Waals surface area contributed by atoms with Crippen LogP contribution in [0.3, 0.4) is 0 Å². The number of hydrogen-bond acceptors (Lipinski definition) is 5. The molecule has 0 fully saturated rings. The van der Waals surface area contributed by atoms with Gasteiger partial charge in [0, 0.05) is 13.5 Å². The fourth-order valence-corrected chi connectivity index (χ4v) is 2.91. The van der Waals surface area contributed by atoms with Crippen LogP contribution in [0.5, 0.6) is 0 Å². The Morgan fingerprint density at radius 3 is 2.77 bits per heavy atom. The highest BCUT2D eigenvalue weighted by Crippen LogP contribution is 2.33. The first kappa shape index (κ1) is 17.7. The molecular formula is C19H19FN4O2. The Kier molecular flexibility index (Phi) is 4.54. The molecule has 7 heteroatoms. The first-order valence-electron chi connectivity index (χ1n) is 8.14. The lowest BCUT2D eigenvalue weighted by Gasteiger charge is -2.33. The summed E-state index contributed by atoms with van der Waals surface area (Å²) in [4.78, 5) is 34.1. The van der Waals surface area contributed by atoms with Gasteiger partial charge in [-0.15, -0.1) is 0 Å². The van der Waals surface area contributed by atoms with Gasteiger partial charge >= 0.3 is 0 Å². The van der Waals surface area contributed by atoms with Crippen molar-refractivity contribution >= 4 is 17.6 Å². The average molecular weight is 354 g/mol. The maximum atomic E-state index is 12.9. The van der Waals surface area contributed by atoms with Crippen LogP contribution < -0.4 is 5.73 Å². The maximum Gasteiger partial charge on any atom is 0.231 e. The van der Waals surface area contributed by atoms with Crippen molar-refractivity contribution in [1.82, 2.24) is 9.88 Å². The summed E-state index contributed by atoms with van der Waals surface area (Å²) in [6, 6.07) is 9.91. The lowest BCUT2D eigenvalue weighted by atomic mass is 9.86. The van der Waals surface area contributed by atoms with E-state index in [2.05, 4.69) is 9.98 Å². The monoisotopic (exact) mass is 354 g/mol. The number of benzene rings is 1. The molecule has 0 bridgehead atoms. The molecule has 1 aromatic heterocycles. The van der Waals surface area contributed by atoms with Crippen molar-refractivity contribution in [3.63, 3.8) is 0 Å². The zero-order valence-corrected chi connectivity index (χ0v) is 14.6. The summed E-state index contributed by atoms with van der Waals surface area (Å²) in [6.45, 7) is 1.84. The molecule has 1 amide bonds. The number of aliphatic imine (C=N–C) groups is 1. The van der Waals surface area contributed by atoms with Crippen LogP contribution >= 0.6 is 0 Å². The molecule has 3 rings (SSSR count). The zero-order chi connectivity index (χ0) is 18.9. The molecule has 0 radical (unpaired) electrons. The fraction of sp³-hybridized carbons (Fsp3) is 0.263. The number of guanidine groups is 1. The third-order valence-corrected chi connectivity index (χ3v) is 4.50. The Hall–Kier alpha value is -3.09. The van der Waals surface area contributed by atoms with E-state index in [4.69, 9.17) is 5.73 Å². The van der Waals surface area contributed by atoms with E-state index in [0.717, 1.165) is 17.3 Å². The number of halogens is 1. The van der Waals surface area contributed by atoms with Crippen LogP contribution in [0, 0.1) is 5.82 Å². The van der Waals surface area contributed by atoms with Gasteiger partial charge in [0.2, 0.25) is 5.91 Å². The lowest BCUT2D eigenvalue weighted by molar-refractivity contribution is -0.128. The molecule has 2 N–H and O–H groups in total. The van der Waals surface area contributed by atoms with Gasteiger partial charge < -0.3 is 5.73 Å². The van der Waals surface area contributed by atoms with Crippen LogP contribution in [0.25, 0.3) is 0 Å². The van der Waals surface area contributed by atoms with E-state index in [1.807, 2.05) is 31.2 Å². The van der Waals surface area contributed by atoms with E-state index < -0.39 is 11.4 Å². The second-order valence-electron chi connectivity index (χ2n) is 6.54. The number of ketones is 1. The van der Waals surface area contributed by atoms with Crippen LogP contribution in [0.15, 0.2) is 47.6 Å². The Morgan fingerprint density at radius 2 is 2.12 bits per heavy atom. The molecule has 6 nitrogen and oxygen atoms in total. The Labute approximate surface area is 150 Å². The fourth-order valence-electron chi connectivity index (χ4n) is 2.91. The standard InChI is InChI=1S/C19H19FN4O2/c1-19(10-17(26)24(2)18(21)23-19)13-5-3-4-12(8-13)9-16(25)15-7-6-14(20)11-22-15/h3-8,11H,9-10H2,1-2H3,(H2,21,23). The Morgan fingerprint density at radius 1 is 1.35 bits per heavy atom. The van der Waals surface area contributed by atoms with Gasteiger partial charge in [-0.05, 0) is 30.2 Å². The Bertz CT molecular complexity index is 895. The van der Waals surface area contributed by atoms with Crippen LogP contribution in [0.1, 0.15) is 35.0 Å². The van der Waals surface area contributed by atoms with Crippen molar-refractivity contribution in [3.8, 4) is 0 Å². The van der Waals surface area contributed by atoms with Crippen molar-refractivity contribution in [2.45, 2.75) is 25.3 Å². The van der Waals surface area contributed by atoms with E-state index in [9.17, 15) is 14.0 Å². The molecule has 0 aliphatic carbocycles. The summed E-state index contributed by atoms with van der Waals surface area (Å²) in [7, 11) is 1.59. The molecule has 2 aromatic rings. The van der Waals surface area contributed by atoms with Gasteiger partial charge in [-0.2, -0.15) is 0 Å². The molecule has 134 valence electrons. The number of nitrogens with two attached hydrogens (primary N) is 1. The second kappa shape index (κ2) is 6.67. The number of aromatic nitrogens is 1. The normalized spacial score (nSPS) is 20.0. The van der Waals surface area contributed by atoms with Crippen LogP contribution in [-0.2, 0) is 16.8 Å². The minimum absolute atomic E-state index is 0.114. The van der Waals surface area contributed by atoms with Crippen LogP contribution in [0.4, 0.5) is 4.39 Å². The topological polar surface area (TPSA) is 88.7 Å². The summed E-state index contributed by atoms with van der Waals surface area (Å²) < 4.78 is 12.9. The summed E-state index contributed by atoms with van der Waals surface area (Å²) in [5.74, 6) is -0.647. The Balaban J connectivity index is 1.85. The van der Waals surface area contributed by atoms with Gasteiger partial charge in [-0.1, -0.05) is 24.3 Å². The first-order chi connectivity index (χ1) is 12.3. The zero-order valence-electron chi connectivity index (χ0n) is 14.6. The molecule has 1 aromatic carbocycles. The third kappa shape index (κ3) is 3.46. The highest BCUT2D eigenvalue weighted by atomic mass is 19.1. The summed E-state index contributed by atoms with van der Waals surface area (Å²) in [5, 5.41) is 0. The van der Waals surface area contributed by atoms with E-state index in [1.165, 1.54) is 17.0 Å². The molecule has 1 aliphatic rings. The molecule has 0 saturated heterocycles. The smallest absolute Gasteiger partial charge is 0.231 e. The molecular weight excluding hydrogens is 335 g/mol. The quantitative estimate of drug-likeness (QED) is 0.851. The highest BCUT2D eigenvalue weighted by Gasteiger charge is 2.36. The number of rotatable bonds is 4. The first-order valence-corrected chi connectivity index (χ1v) is 8.14. The molecule has 26 heavy (non-hydrogen) atoms. The van der Waals surface area contributed by atoms with E-state index in [-0.39, 0.29) is 36.2 Å². The lowest BCUT2D eigenvalue weighted by Crippen LogP contribution is -2.47. The SMILES string of the molecule is CN1C(=O)CC(C)(c2cccc(CC(=O)c3ccc(F)cn3)c2)N=C1N. The van der Waals surface area contributed by atoms with Gasteiger partial charge in [-0.25, -0.2) is 9.38 Å². The van der Waals surface area contributed by atoms with Crippen molar-refractivity contribution in [3.05, 3.63) is 65.2 Å². The van der Waals surface area contributed by atoms with Gasteiger partial charge in [0.15, 0.2) is 11.7 Å². The maximum absolute atomic E-state index is 12.9. The molecule has 0 spiro atoms. The average Bonchev–Trinajstić information content (AvgIpc) is 2.60. The molecule has 0 saturated carbocycles. The van der Waals surface area contributed by atoms with Gasteiger partial charge in [0.25, 0.3) is 0 Å². The predicted molar refractivity (Wildman–Crippen MR) is 95.0 cm³/mol. The largest absolute Gasteiger partial charge is 0.369 e. The third-order valence-electron chi connectivity index (χ3n) is 4.50. The molecule has 2 heterocycles. The number of Topliss-reactive ketones (excluding diaryl/α,β-unsaturated/α-hetero) is 1. The number of pyridine rings is 1. The predicted octanol–water partition coefficient (Wildman–Crippen LogP) is 2.04. The van der Waals surface area contributed by atoms with Gasteiger partial charge in [0.1, 0.15) is 11.5 Å². The van der Waals surface area contributed by atoms with Crippen LogP contribution in [-0.4, -0.2) is 34.6 Å². The molecule has 1 atom stereocenters. The van der Waals surface area contributed by atoms with Crippen molar-refractivity contribution < 1.29 is 14.0 Å². The summed E-state index contributed by atoms with van der Waals surface area (Å²) in [5.41, 5.74) is 6.85. The van der Waals surface area contributed by atoms with E-state index in [0.29, 0.717) is 0 Å². The minimum atomic E-state index is -0.777. The number of hydrogen-bond donors (Lipinski definition) is 1. The minimum Gasteiger partial charge on any atom is -0.369 e. The summed E-state index contributed by atoms with van der Waals surface area (Å²) >= 11 is 0. The summed E-state index contributed by atoms with van der Waals surface area (Å²) in [6.07, 6.45) is 1.34. The van der Waals surface area contributed by atoms with E-state index in [1.54, 1.807) is 7.05 Å². The molecule has 1 unspecified atom stereocenters. The second-order valence-corrected chi connectivity index (χ2v) is 6.54. The number of nitrogens with zero attached hydrogens (tertiary/aromatic N) is 3. The number of amides is 1. The van der Waals surface area contributed by atoms with E-state index >= 15 is 0 Å². The number of carbonyl (C=O) groups is 2. The van der Waals surface area contributed by atoms with Crippen molar-refractivity contribution in [2.24, 2.45) is 10.7 Å². The van der Waals surface area contributed by atoms with Crippen molar-refractivity contribution in [2.75, 3.05) is 7.05 Å². The molecule has 1 aliphatic heterocycles. The van der Waals surface area contributed by atoms with Crippen LogP contribution in [0.2, 0.25) is 0 Å². The number of carbonyl (C=O) groups excluding carboxylic acids is 2.